The van der Waals surface area contributed by atoms with Gasteiger partial charge in [-0.05, 0) is 104 Å². The summed E-state index contributed by atoms with van der Waals surface area (Å²) < 4.78 is 62.8. The third kappa shape index (κ3) is 8.55. The normalized spacial score (nSPS) is 15.2. The van der Waals surface area contributed by atoms with E-state index in [1.807, 2.05) is 29.7 Å². The van der Waals surface area contributed by atoms with E-state index in [1.165, 1.54) is 41.1 Å². The summed E-state index contributed by atoms with van der Waals surface area (Å²) in [6.45, 7) is 13.7. The van der Waals surface area contributed by atoms with E-state index in [0.29, 0.717) is 59.6 Å². The van der Waals surface area contributed by atoms with Crippen LogP contribution < -0.4 is 15.7 Å². The molecule has 0 saturated carbocycles. The van der Waals surface area contributed by atoms with Gasteiger partial charge in [-0.25, -0.2) is 24.1 Å². The summed E-state index contributed by atoms with van der Waals surface area (Å²) in [6, 6.07) is 17.4. The second-order valence-corrected chi connectivity index (χ2v) is 17.9. The molecule has 0 atom stereocenters. The van der Waals surface area contributed by atoms with Gasteiger partial charge in [0.25, 0.3) is 5.91 Å². The van der Waals surface area contributed by atoms with Crippen molar-refractivity contribution < 1.29 is 27.1 Å². The SMILES string of the molecule is Cc1ccc(Cn2c3c(c4cccnc42)CCN(C(=O)c2ccc(-n4c(=O)n(C5CCN(CC(C)(C)C)CC5)c5nc(Nc6ccc(OC(F)(F)F)cc6)nc(C)c54)cn2)C3)c(F)c1. The van der Waals surface area contributed by atoms with E-state index in [4.69, 9.17) is 4.98 Å². The van der Waals surface area contributed by atoms with Gasteiger partial charge in [-0.2, -0.15) is 4.98 Å². The maximum absolute atomic E-state index is 15.1. The van der Waals surface area contributed by atoms with E-state index in [1.54, 1.807) is 40.8 Å². The number of pyridine rings is 2. The lowest BCUT2D eigenvalue weighted by molar-refractivity contribution is -0.274. The average Bonchev–Trinajstić information content (AvgIpc) is 3.72. The maximum Gasteiger partial charge on any atom is 0.573 e. The van der Waals surface area contributed by atoms with Crippen LogP contribution in [0.2, 0.25) is 0 Å². The molecule has 2 aliphatic rings. The molecule has 7 aromatic rings. The highest BCUT2D eigenvalue weighted by Crippen LogP contribution is 2.33. The molecule has 1 amide bonds. The highest BCUT2D eigenvalue weighted by atomic mass is 19.4. The van der Waals surface area contributed by atoms with Gasteiger partial charge in [-0.1, -0.05) is 32.9 Å². The summed E-state index contributed by atoms with van der Waals surface area (Å²) in [6.07, 6.45) is 0.409. The molecule has 332 valence electrons. The van der Waals surface area contributed by atoms with Crippen LogP contribution in [0.15, 0.2) is 83.9 Å². The maximum atomic E-state index is 15.1. The molecule has 64 heavy (non-hydrogen) atoms. The molecule has 9 rings (SSSR count). The number of likely N-dealkylation sites (tertiary alicyclic amines) is 1. The van der Waals surface area contributed by atoms with Gasteiger partial charge in [-0.15, -0.1) is 13.2 Å². The molecule has 5 aromatic heterocycles. The first-order valence-corrected chi connectivity index (χ1v) is 21.3. The molecular weight excluding hydrogens is 829 g/mol. The van der Waals surface area contributed by atoms with E-state index in [-0.39, 0.29) is 59.4 Å². The number of imidazole rings is 1. The average molecular weight is 877 g/mol. The second kappa shape index (κ2) is 16.5. The summed E-state index contributed by atoms with van der Waals surface area (Å²) >= 11 is 0. The van der Waals surface area contributed by atoms with E-state index in [0.717, 1.165) is 47.5 Å². The topological polar surface area (TPSA) is 128 Å². The van der Waals surface area contributed by atoms with Crippen molar-refractivity contribution in [3.8, 4) is 11.4 Å². The number of anilines is 2. The van der Waals surface area contributed by atoms with E-state index >= 15 is 4.39 Å². The lowest BCUT2D eigenvalue weighted by atomic mass is 9.94. The van der Waals surface area contributed by atoms with Crippen LogP contribution in [-0.4, -0.2) is 81.9 Å². The first kappa shape index (κ1) is 42.7. The molecule has 0 radical (unpaired) electrons. The predicted molar refractivity (Wildman–Crippen MR) is 235 cm³/mol. The Morgan fingerprint density at radius 1 is 0.922 bits per heavy atom. The number of carbonyl (C=O) groups is 1. The predicted octanol–water partition coefficient (Wildman–Crippen LogP) is 8.65. The first-order valence-electron chi connectivity index (χ1n) is 21.3. The fourth-order valence-corrected chi connectivity index (χ4v) is 9.14. The van der Waals surface area contributed by atoms with Crippen molar-refractivity contribution in [2.75, 3.05) is 31.5 Å². The number of halogens is 4. The molecule has 2 aromatic carbocycles. The molecule has 0 unspecified atom stereocenters. The Balaban J connectivity index is 1.02. The highest BCUT2D eigenvalue weighted by Gasteiger charge is 2.33. The molecule has 1 saturated heterocycles. The summed E-state index contributed by atoms with van der Waals surface area (Å²) in [5.74, 6) is -0.787. The number of nitrogens with zero attached hydrogens (tertiary/aromatic N) is 9. The highest BCUT2D eigenvalue weighted by molar-refractivity contribution is 5.93. The van der Waals surface area contributed by atoms with E-state index in [2.05, 4.69) is 50.7 Å². The number of aryl methyl sites for hydroxylation is 2. The number of fused-ring (bicyclic) bond motifs is 4. The summed E-state index contributed by atoms with van der Waals surface area (Å²) in [7, 11) is 0. The van der Waals surface area contributed by atoms with Crippen LogP contribution in [0.5, 0.6) is 5.75 Å². The fourth-order valence-electron chi connectivity index (χ4n) is 9.14. The molecular formula is C47H48F4N10O3. The lowest BCUT2D eigenvalue weighted by Crippen LogP contribution is -2.41. The zero-order chi connectivity index (χ0) is 45.1. The smallest absolute Gasteiger partial charge is 0.406 e. The summed E-state index contributed by atoms with van der Waals surface area (Å²) in [4.78, 5) is 51.8. The number of ether oxygens (including phenoxy) is 1. The summed E-state index contributed by atoms with van der Waals surface area (Å²) in [5, 5.41) is 4.06. The number of piperidine rings is 1. The largest absolute Gasteiger partial charge is 0.573 e. The molecule has 0 aliphatic carbocycles. The van der Waals surface area contributed by atoms with Crippen molar-refractivity contribution >= 4 is 39.7 Å². The Kier molecular flexibility index (Phi) is 11.0. The van der Waals surface area contributed by atoms with Crippen molar-refractivity contribution in [1.29, 1.82) is 0 Å². The molecule has 1 N–H and O–H groups in total. The fraction of sp³-hybridized carbons (Fsp3) is 0.362. The monoisotopic (exact) mass is 876 g/mol. The minimum absolute atomic E-state index is 0.110. The van der Waals surface area contributed by atoms with Crippen LogP contribution in [-0.2, 0) is 19.5 Å². The van der Waals surface area contributed by atoms with Crippen LogP contribution in [0.4, 0.5) is 29.2 Å². The van der Waals surface area contributed by atoms with Gasteiger partial charge in [0.05, 0.1) is 30.7 Å². The van der Waals surface area contributed by atoms with E-state index in [9.17, 15) is 22.8 Å². The molecule has 2 aliphatic heterocycles. The number of nitrogens with one attached hydrogen (secondary N) is 1. The van der Waals surface area contributed by atoms with Gasteiger partial charge in [-0.3, -0.25) is 13.9 Å². The van der Waals surface area contributed by atoms with E-state index < -0.39 is 6.36 Å². The van der Waals surface area contributed by atoms with Crippen molar-refractivity contribution in [1.82, 2.24) is 43.4 Å². The number of rotatable bonds is 9. The number of hydrogen-bond donors (Lipinski definition) is 1. The minimum atomic E-state index is -4.82. The Morgan fingerprint density at radius 2 is 1.69 bits per heavy atom. The third-order valence-electron chi connectivity index (χ3n) is 11.9. The summed E-state index contributed by atoms with van der Waals surface area (Å²) in [5.41, 5.74) is 6.24. The van der Waals surface area contributed by atoms with Crippen molar-refractivity contribution in [2.24, 2.45) is 5.41 Å². The Hall–Kier alpha value is -6.62. The van der Waals surface area contributed by atoms with Gasteiger partial charge in [0, 0.05) is 60.7 Å². The standard InChI is InChI=1S/C47H48F4N10O3/c1-28-8-9-30(37(48)23-28)25-59-39-26-58(22-18-35(39)36-7-6-19-52-41(36)59)43(62)38-15-12-33(24-53-38)60-40-29(2)54-44(55-31-10-13-34(14-11-31)64-47(49,50)51)56-42(40)61(45(60)63)32-16-20-57(21-17-32)27-46(3,4)5/h6-15,19,23-24,32H,16-18,20-22,25-27H2,1-5H3,(H,54,55,56). The Labute approximate surface area is 366 Å². The number of hydrogen-bond acceptors (Lipinski definition) is 9. The molecule has 0 spiro atoms. The first-order chi connectivity index (χ1) is 30.5. The lowest BCUT2D eigenvalue weighted by Gasteiger charge is -2.36. The quantitative estimate of drug-likeness (QED) is 0.142. The molecule has 17 heteroatoms. The van der Waals surface area contributed by atoms with Gasteiger partial charge in [0.2, 0.25) is 5.95 Å². The van der Waals surface area contributed by atoms with Crippen LogP contribution in [0.1, 0.15) is 78.2 Å². The Bertz CT molecular complexity index is 2940. The number of benzene rings is 2. The van der Waals surface area contributed by atoms with Crippen LogP contribution in [0, 0.1) is 25.1 Å². The van der Waals surface area contributed by atoms with Gasteiger partial charge < -0.3 is 24.4 Å². The minimum Gasteiger partial charge on any atom is -0.406 e. The van der Waals surface area contributed by atoms with Crippen LogP contribution in [0.3, 0.4) is 0 Å². The van der Waals surface area contributed by atoms with Gasteiger partial charge >= 0.3 is 12.1 Å². The van der Waals surface area contributed by atoms with Gasteiger partial charge in [0.1, 0.15) is 28.4 Å². The molecule has 13 nitrogen and oxygen atoms in total. The molecule has 7 heterocycles. The Morgan fingerprint density at radius 3 is 2.38 bits per heavy atom. The number of carbonyl (C=O) groups excluding carboxylic acids is 1. The third-order valence-corrected chi connectivity index (χ3v) is 11.9. The van der Waals surface area contributed by atoms with Gasteiger partial charge in [0.15, 0.2) is 5.65 Å². The number of aromatic nitrogens is 7. The van der Waals surface area contributed by atoms with Crippen LogP contribution in [0.25, 0.3) is 27.9 Å². The molecule has 1 fully saturated rings. The second-order valence-electron chi connectivity index (χ2n) is 17.9. The zero-order valence-corrected chi connectivity index (χ0v) is 36.2. The van der Waals surface area contributed by atoms with Crippen molar-refractivity contribution in [2.45, 2.75) is 79.4 Å². The number of alkyl halides is 3. The van der Waals surface area contributed by atoms with Crippen molar-refractivity contribution in [3.05, 3.63) is 129 Å². The number of amides is 1. The van der Waals surface area contributed by atoms with Crippen LogP contribution >= 0.6 is 0 Å². The van der Waals surface area contributed by atoms with Crippen molar-refractivity contribution in [3.63, 3.8) is 0 Å². The molecule has 0 bridgehead atoms. The zero-order valence-electron chi connectivity index (χ0n) is 36.2.